The minimum absolute atomic E-state index is 0. The third-order valence-corrected chi connectivity index (χ3v) is 3.93. The van der Waals surface area contributed by atoms with Crippen molar-refractivity contribution in [2.45, 2.75) is 32.3 Å². The van der Waals surface area contributed by atoms with Crippen molar-refractivity contribution < 1.29 is 4.74 Å². The summed E-state index contributed by atoms with van der Waals surface area (Å²) in [5, 5.41) is 0. The average Bonchev–Trinajstić information content (AvgIpc) is 2.90. The molecule has 2 aromatic rings. The maximum Gasteiger partial charge on any atom is 0.130 e. The molecule has 0 spiro atoms. The molecule has 1 atom stereocenters. The van der Waals surface area contributed by atoms with Gasteiger partial charge in [-0.05, 0) is 28.7 Å². The molecule has 2 nitrogen and oxygen atoms in total. The van der Waals surface area contributed by atoms with Crippen molar-refractivity contribution in [3.8, 4) is 16.9 Å². The number of rotatable bonds is 3. The van der Waals surface area contributed by atoms with E-state index in [1.807, 2.05) is 6.07 Å². The quantitative estimate of drug-likeness (QED) is 0.924. The Balaban J connectivity index is 0.00000161. The van der Waals surface area contributed by atoms with Gasteiger partial charge in [0.05, 0.1) is 0 Å². The van der Waals surface area contributed by atoms with E-state index in [0.29, 0.717) is 12.5 Å². The molecule has 3 rings (SSSR count). The van der Waals surface area contributed by atoms with Crippen LogP contribution in [0.2, 0.25) is 0 Å². The lowest BCUT2D eigenvalue weighted by Gasteiger charge is -2.14. The fraction of sp³-hybridized carbons (Fsp3) is 0.333. The molecule has 1 unspecified atom stereocenters. The Bertz CT molecular complexity index is 610. The van der Waals surface area contributed by atoms with E-state index < -0.39 is 0 Å². The lowest BCUT2D eigenvalue weighted by atomic mass is 9.93. The first-order valence-corrected chi connectivity index (χ1v) is 7.28. The molecule has 0 fully saturated rings. The third kappa shape index (κ3) is 3.07. The minimum Gasteiger partial charge on any atom is -0.488 e. The Morgan fingerprint density at radius 2 is 1.90 bits per heavy atom. The first-order valence-electron chi connectivity index (χ1n) is 7.28. The Morgan fingerprint density at radius 3 is 2.52 bits per heavy atom. The molecule has 0 saturated heterocycles. The monoisotopic (exact) mass is 303 g/mol. The van der Waals surface area contributed by atoms with E-state index in [2.05, 4.69) is 50.2 Å². The molecule has 112 valence electrons. The molecule has 2 N–H and O–H groups in total. The van der Waals surface area contributed by atoms with E-state index in [0.717, 1.165) is 12.2 Å². The van der Waals surface area contributed by atoms with Crippen LogP contribution >= 0.6 is 12.4 Å². The van der Waals surface area contributed by atoms with Gasteiger partial charge in [-0.2, -0.15) is 0 Å². The summed E-state index contributed by atoms with van der Waals surface area (Å²) in [5.74, 6) is 1.54. The van der Waals surface area contributed by atoms with E-state index >= 15 is 0 Å². The summed E-state index contributed by atoms with van der Waals surface area (Å²) in [7, 11) is 0. The molecule has 0 aliphatic carbocycles. The first-order chi connectivity index (χ1) is 9.69. The number of benzene rings is 2. The molecule has 0 bridgehead atoms. The van der Waals surface area contributed by atoms with Crippen LogP contribution in [0.15, 0.2) is 42.5 Å². The van der Waals surface area contributed by atoms with Gasteiger partial charge in [0.1, 0.15) is 11.9 Å². The number of hydrogen-bond acceptors (Lipinski definition) is 2. The highest BCUT2D eigenvalue weighted by Gasteiger charge is 2.26. The van der Waals surface area contributed by atoms with Gasteiger partial charge >= 0.3 is 0 Å². The van der Waals surface area contributed by atoms with Crippen LogP contribution in [-0.4, -0.2) is 12.6 Å². The minimum atomic E-state index is 0. The van der Waals surface area contributed by atoms with E-state index in [1.165, 1.54) is 22.3 Å². The van der Waals surface area contributed by atoms with Gasteiger partial charge in [-0.15, -0.1) is 12.4 Å². The summed E-state index contributed by atoms with van der Waals surface area (Å²) in [6.45, 7) is 5.03. The van der Waals surface area contributed by atoms with Crippen LogP contribution in [0, 0.1) is 0 Å². The number of halogens is 1. The van der Waals surface area contributed by atoms with Gasteiger partial charge in [-0.1, -0.05) is 50.2 Å². The van der Waals surface area contributed by atoms with Crippen molar-refractivity contribution in [3.63, 3.8) is 0 Å². The van der Waals surface area contributed by atoms with E-state index in [9.17, 15) is 0 Å². The smallest absolute Gasteiger partial charge is 0.130 e. The maximum atomic E-state index is 6.05. The zero-order valence-electron chi connectivity index (χ0n) is 12.5. The van der Waals surface area contributed by atoms with Gasteiger partial charge in [-0.25, -0.2) is 0 Å². The van der Waals surface area contributed by atoms with Crippen molar-refractivity contribution in [2.75, 3.05) is 6.54 Å². The summed E-state index contributed by atoms with van der Waals surface area (Å²) in [5.41, 5.74) is 10.8. The van der Waals surface area contributed by atoms with Crippen molar-refractivity contribution in [3.05, 3.63) is 53.6 Å². The Morgan fingerprint density at radius 1 is 1.19 bits per heavy atom. The normalized spacial score (nSPS) is 16.3. The number of fused-ring (bicyclic) bond motifs is 1. The van der Waals surface area contributed by atoms with Crippen LogP contribution in [0.1, 0.15) is 30.9 Å². The van der Waals surface area contributed by atoms with Crippen LogP contribution in [0.25, 0.3) is 11.1 Å². The maximum absolute atomic E-state index is 6.05. The SMILES string of the molecule is CC(C)c1cc2c(c(-c3ccccc3)c1)OC(CN)C2.Cl. The third-order valence-electron chi connectivity index (χ3n) is 3.93. The molecule has 1 aliphatic heterocycles. The predicted octanol–water partition coefficient (Wildman–Crippen LogP) is 4.16. The summed E-state index contributed by atoms with van der Waals surface area (Å²) in [6, 6.07) is 15.0. The summed E-state index contributed by atoms with van der Waals surface area (Å²) in [6.07, 6.45) is 1.04. The zero-order valence-corrected chi connectivity index (χ0v) is 13.3. The molecule has 2 aromatic carbocycles. The number of hydrogen-bond donors (Lipinski definition) is 1. The second-order valence-electron chi connectivity index (χ2n) is 5.76. The van der Waals surface area contributed by atoms with Gasteiger partial charge in [-0.3, -0.25) is 0 Å². The topological polar surface area (TPSA) is 35.2 Å². The second kappa shape index (κ2) is 6.50. The van der Waals surface area contributed by atoms with Crippen molar-refractivity contribution in [2.24, 2.45) is 5.73 Å². The van der Waals surface area contributed by atoms with Crippen molar-refractivity contribution in [1.29, 1.82) is 0 Å². The van der Waals surface area contributed by atoms with E-state index in [-0.39, 0.29) is 18.5 Å². The second-order valence-corrected chi connectivity index (χ2v) is 5.76. The van der Waals surface area contributed by atoms with Crippen molar-refractivity contribution in [1.82, 2.24) is 0 Å². The molecular formula is C18H22ClNO. The summed E-state index contributed by atoms with van der Waals surface area (Å²) < 4.78 is 6.05. The van der Waals surface area contributed by atoms with Crippen molar-refractivity contribution >= 4 is 12.4 Å². The Hall–Kier alpha value is -1.51. The fourth-order valence-corrected chi connectivity index (χ4v) is 2.75. The molecule has 3 heteroatoms. The highest BCUT2D eigenvalue weighted by molar-refractivity contribution is 5.85. The summed E-state index contributed by atoms with van der Waals surface area (Å²) >= 11 is 0. The Kier molecular flexibility index (Phi) is 4.92. The number of ether oxygens (including phenoxy) is 1. The van der Waals surface area contributed by atoms with Crippen LogP contribution in [-0.2, 0) is 6.42 Å². The zero-order chi connectivity index (χ0) is 14.1. The van der Waals surface area contributed by atoms with Gasteiger partial charge < -0.3 is 10.5 Å². The molecule has 0 saturated carbocycles. The van der Waals surface area contributed by atoms with Crippen LogP contribution in [0.4, 0.5) is 0 Å². The highest BCUT2D eigenvalue weighted by atomic mass is 35.5. The lowest BCUT2D eigenvalue weighted by molar-refractivity contribution is 0.242. The summed E-state index contributed by atoms with van der Waals surface area (Å²) in [4.78, 5) is 0. The predicted molar refractivity (Wildman–Crippen MR) is 90.4 cm³/mol. The van der Waals surface area contributed by atoms with Crippen LogP contribution in [0.3, 0.4) is 0 Å². The molecule has 0 aromatic heterocycles. The van der Waals surface area contributed by atoms with Crippen LogP contribution < -0.4 is 10.5 Å². The Labute approximate surface area is 132 Å². The van der Waals surface area contributed by atoms with Gasteiger partial charge in [0.25, 0.3) is 0 Å². The molecule has 1 aliphatic rings. The fourth-order valence-electron chi connectivity index (χ4n) is 2.75. The van der Waals surface area contributed by atoms with E-state index in [1.54, 1.807) is 0 Å². The molecule has 0 amide bonds. The lowest BCUT2D eigenvalue weighted by Crippen LogP contribution is -2.24. The molecular weight excluding hydrogens is 282 g/mol. The first kappa shape index (κ1) is 15.9. The largest absolute Gasteiger partial charge is 0.488 e. The molecule has 21 heavy (non-hydrogen) atoms. The van der Waals surface area contributed by atoms with E-state index in [4.69, 9.17) is 10.5 Å². The molecule has 1 heterocycles. The van der Waals surface area contributed by atoms with Gasteiger partial charge in [0.2, 0.25) is 0 Å². The standard InChI is InChI=1S/C18H21NO.ClH/c1-12(2)14-8-15-9-16(11-19)20-18(15)17(10-14)13-6-4-3-5-7-13;/h3-8,10,12,16H,9,11,19H2,1-2H3;1H. The number of nitrogens with two attached hydrogens (primary N) is 1. The van der Waals surface area contributed by atoms with Crippen LogP contribution in [0.5, 0.6) is 5.75 Å². The highest BCUT2D eigenvalue weighted by Crippen LogP contribution is 2.41. The average molecular weight is 304 g/mol. The van der Waals surface area contributed by atoms with Gasteiger partial charge in [0.15, 0.2) is 0 Å². The molecule has 0 radical (unpaired) electrons. The van der Waals surface area contributed by atoms with Gasteiger partial charge in [0, 0.05) is 18.5 Å².